The van der Waals surface area contributed by atoms with E-state index in [0.717, 1.165) is 27.3 Å². The van der Waals surface area contributed by atoms with Crippen LogP contribution in [-0.4, -0.2) is 15.0 Å². The second-order valence-electron chi connectivity index (χ2n) is 5.20. The predicted molar refractivity (Wildman–Crippen MR) is 95.1 cm³/mol. The SMILES string of the molecule is Cc1cc2c(Nc3ccccc3)nc(-c3cccnc3)nc2s1. The third-order valence-electron chi connectivity index (χ3n) is 3.47. The van der Waals surface area contributed by atoms with Gasteiger partial charge in [-0.1, -0.05) is 18.2 Å². The molecule has 1 N–H and O–H groups in total. The first-order valence-electron chi connectivity index (χ1n) is 7.30. The predicted octanol–water partition coefficient (Wildman–Crippen LogP) is 4.81. The molecule has 1 aromatic carbocycles. The number of nitrogens with one attached hydrogen (secondary N) is 1. The van der Waals surface area contributed by atoms with Crippen LogP contribution in [0.1, 0.15) is 4.88 Å². The molecule has 3 aromatic heterocycles. The summed E-state index contributed by atoms with van der Waals surface area (Å²) < 4.78 is 0. The summed E-state index contributed by atoms with van der Waals surface area (Å²) in [6.45, 7) is 2.09. The minimum atomic E-state index is 0.686. The number of aryl methyl sites for hydroxylation is 1. The molecular weight excluding hydrogens is 304 g/mol. The van der Waals surface area contributed by atoms with Crippen molar-refractivity contribution in [1.82, 2.24) is 15.0 Å². The number of benzene rings is 1. The molecule has 4 aromatic rings. The van der Waals surface area contributed by atoms with Crippen LogP contribution < -0.4 is 5.32 Å². The largest absolute Gasteiger partial charge is 0.340 e. The van der Waals surface area contributed by atoms with Gasteiger partial charge in [-0.2, -0.15) is 0 Å². The molecular formula is C18H14N4S. The molecule has 0 aliphatic carbocycles. The molecule has 3 heterocycles. The zero-order chi connectivity index (χ0) is 15.6. The Morgan fingerprint density at radius 2 is 1.87 bits per heavy atom. The van der Waals surface area contributed by atoms with Gasteiger partial charge in [0.15, 0.2) is 5.82 Å². The Hall–Kier alpha value is -2.79. The van der Waals surface area contributed by atoms with Gasteiger partial charge in [0.1, 0.15) is 10.6 Å². The van der Waals surface area contributed by atoms with Gasteiger partial charge in [0, 0.05) is 28.5 Å². The maximum Gasteiger partial charge on any atom is 0.164 e. The summed E-state index contributed by atoms with van der Waals surface area (Å²) in [5, 5.41) is 4.45. The number of hydrogen-bond donors (Lipinski definition) is 1. The van der Waals surface area contributed by atoms with E-state index in [-0.39, 0.29) is 0 Å². The van der Waals surface area contributed by atoms with Crippen molar-refractivity contribution in [3.8, 4) is 11.4 Å². The number of fused-ring (bicyclic) bond motifs is 1. The Balaban J connectivity index is 1.87. The van der Waals surface area contributed by atoms with Crippen molar-refractivity contribution in [3.63, 3.8) is 0 Å². The Bertz CT molecular complexity index is 949. The van der Waals surface area contributed by atoms with Crippen molar-refractivity contribution in [2.75, 3.05) is 5.32 Å². The molecule has 0 saturated heterocycles. The first-order valence-corrected chi connectivity index (χ1v) is 8.12. The van der Waals surface area contributed by atoms with Crippen LogP contribution in [0.2, 0.25) is 0 Å². The summed E-state index contributed by atoms with van der Waals surface area (Å²) in [5.74, 6) is 1.51. The number of thiophene rings is 1. The topological polar surface area (TPSA) is 50.7 Å². The highest BCUT2D eigenvalue weighted by Crippen LogP contribution is 2.32. The summed E-state index contributed by atoms with van der Waals surface area (Å²) in [6.07, 6.45) is 3.54. The number of para-hydroxylation sites is 1. The van der Waals surface area contributed by atoms with E-state index in [1.54, 1.807) is 23.7 Å². The first-order chi connectivity index (χ1) is 11.3. The molecule has 0 bridgehead atoms. The van der Waals surface area contributed by atoms with E-state index in [4.69, 9.17) is 9.97 Å². The molecule has 0 atom stereocenters. The molecule has 0 saturated carbocycles. The highest BCUT2D eigenvalue weighted by Gasteiger charge is 2.12. The molecule has 4 rings (SSSR count). The molecule has 112 valence electrons. The van der Waals surface area contributed by atoms with Gasteiger partial charge < -0.3 is 5.32 Å². The van der Waals surface area contributed by atoms with Crippen molar-refractivity contribution in [2.45, 2.75) is 6.92 Å². The molecule has 5 heteroatoms. The van der Waals surface area contributed by atoms with E-state index in [1.807, 2.05) is 42.5 Å². The Morgan fingerprint density at radius 1 is 1.00 bits per heavy atom. The average molecular weight is 318 g/mol. The molecule has 0 aliphatic rings. The second kappa shape index (κ2) is 5.78. The zero-order valence-electron chi connectivity index (χ0n) is 12.5. The maximum atomic E-state index is 4.72. The highest BCUT2D eigenvalue weighted by atomic mass is 32.1. The lowest BCUT2D eigenvalue weighted by Crippen LogP contribution is -1.98. The number of aromatic nitrogens is 3. The number of pyridine rings is 1. The third kappa shape index (κ3) is 2.78. The fraction of sp³-hybridized carbons (Fsp3) is 0.0556. The summed E-state index contributed by atoms with van der Waals surface area (Å²) in [5.41, 5.74) is 1.92. The Labute approximate surface area is 137 Å². The van der Waals surface area contributed by atoms with Crippen LogP contribution in [0, 0.1) is 6.92 Å². The molecule has 0 spiro atoms. The molecule has 0 amide bonds. The van der Waals surface area contributed by atoms with Crippen LogP contribution in [0.3, 0.4) is 0 Å². The van der Waals surface area contributed by atoms with Gasteiger partial charge in [-0.05, 0) is 37.3 Å². The Morgan fingerprint density at radius 3 is 2.65 bits per heavy atom. The minimum absolute atomic E-state index is 0.686. The van der Waals surface area contributed by atoms with E-state index in [9.17, 15) is 0 Å². The smallest absolute Gasteiger partial charge is 0.164 e. The maximum absolute atomic E-state index is 4.72. The first kappa shape index (κ1) is 13.8. The van der Waals surface area contributed by atoms with Crippen molar-refractivity contribution < 1.29 is 0 Å². The van der Waals surface area contributed by atoms with Gasteiger partial charge in [0.05, 0.1) is 5.39 Å². The normalized spacial score (nSPS) is 10.8. The second-order valence-corrected chi connectivity index (χ2v) is 6.44. The number of nitrogens with zero attached hydrogens (tertiary/aromatic N) is 3. The summed E-state index contributed by atoms with van der Waals surface area (Å²) in [6, 6.07) is 16.0. The molecule has 0 radical (unpaired) electrons. The van der Waals surface area contributed by atoms with Gasteiger partial charge in [-0.3, -0.25) is 4.98 Å². The van der Waals surface area contributed by atoms with Gasteiger partial charge >= 0.3 is 0 Å². The number of hydrogen-bond acceptors (Lipinski definition) is 5. The van der Waals surface area contributed by atoms with Gasteiger partial charge in [-0.15, -0.1) is 11.3 Å². The molecule has 0 fully saturated rings. The van der Waals surface area contributed by atoms with Crippen molar-refractivity contribution in [2.24, 2.45) is 0 Å². The highest BCUT2D eigenvalue weighted by molar-refractivity contribution is 7.18. The lowest BCUT2D eigenvalue weighted by Gasteiger charge is -2.08. The van der Waals surface area contributed by atoms with Crippen LogP contribution in [0.25, 0.3) is 21.6 Å². The lowest BCUT2D eigenvalue weighted by atomic mass is 10.2. The third-order valence-corrected chi connectivity index (χ3v) is 4.42. The molecule has 4 nitrogen and oxygen atoms in total. The summed E-state index contributed by atoms with van der Waals surface area (Å²) >= 11 is 1.67. The number of rotatable bonds is 3. The van der Waals surface area contributed by atoms with Crippen molar-refractivity contribution in [3.05, 3.63) is 65.8 Å². The van der Waals surface area contributed by atoms with Crippen LogP contribution >= 0.6 is 11.3 Å². The van der Waals surface area contributed by atoms with Crippen molar-refractivity contribution >= 4 is 33.1 Å². The minimum Gasteiger partial charge on any atom is -0.340 e. The van der Waals surface area contributed by atoms with E-state index in [0.29, 0.717) is 5.82 Å². The van der Waals surface area contributed by atoms with Crippen LogP contribution in [0.4, 0.5) is 11.5 Å². The van der Waals surface area contributed by atoms with E-state index >= 15 is 0 Å². The summed E-state index contributed by atoms with van der Waals surface area (Å²) in [7, 11) is 0. The van der Waals surface area contributed by atoms with Crippen molar-refractivity contribution in [1.29, 1.82) is 0 Å². The molecule has 0 aliphatic heterocycles. The number of anilines is 2. The summed E-state index contributed by atoms with van der Waals surface area (Å²) in [4.78, 5) is 15.8. The van der Waals surface area contributed by atoms with Gasteiger partial charge in [-0.25, -0.2) is 9.97 Å². The van der Waals surface area contributed by atoms with Gasteiger partial charge in [0.2, 0.25) is 0 Å². The van der Waals surface area contributed by atoms with E-state index < -0.39 is 0 Å². The van der Waals surface area contributed by atoms with Crippen LogP contribution in [-0.2, 0) is 0 Å². The average Bonchev–Trinajstić information content (AvgIpc) is 2.97. The molecule has 23 heavy (non-hydrogen) atoms. The monoisotopic (exact) mass is 318 g/mol. The fourth-order valence-corrected chi connectivity index (χ4v) is 3.30. The van der Waals surface area contributed by atoms with Gasteiger partial charge in [0.25, 0.3) is 0 Å². The fourth-order valence-electron chi connectivity index (χ4n) is 2.42. The molecule has 0 unspecified atom stereocenters. The van der Waals surface area contributed by atoms with E-state index in [1.165, 1.54) is 4.88 Å². The standard InChI is InChI=1S/C18H14N4S/c1-12-10-15-17(20-14-7-3-2-4-8-14)21-16(22-18(15)23-12)13-6-5-9-19-11-13/h2-11H,1H3,(H,20,21,22). The van der Waals surface area contributed by atoms with Crippen LogP contribution in [0.5, 0.6) is 0 Å². The Kier molecular flexibility index (Phi) is 3.48. The van der Waals surface area contributed by atoms with E-state index in [2.05, 4.69) is 23.3 Å². The lowest BCUT2D eigenvalue weighted by molar-refractivity contribution is 1.21. The quantitative estimate of drug-likeness (QED) is 0.589. The van der Waals surface area contributed by atoms with Crippen LogP contribution in [0.15, 0.2) is 60.9 Å². The zero-order valence-corrected chi connectivity index (χ0v) is 13.3.